The monoisotopic (exact) mass is 295 g/mol. The zero-order valence-corrected chi connectivity index (χ0v) is 13.1. The van der Waals surface area contributed by atoms with Gasteiger partial charge in [-0.1, -0.05) is 19.6 Å². The normalized spacial score (nSPS) is 11.7. The summed E-state index contributed by atoms with van der Waals surface area (Å²) in [7, 11) is -1.43. The summed E-state index contributed by atoms with van der Waals surface area (Å²) in [5.74, 6) is 0.264. The minimum atomic E-state index is -1.43. The number of rotatable bonds is 5. The molecule has 5 nitrogen and oxygen atoms in total. The van der Waals surface area contributed by atoms with Crippen LogP contribution in [0.15, 0.2) is 16.8 Å². The number of hydrogen-bond donors (Lipinski definition) is 1. The average Bonchev–Trinajstić information content (AvgIpc) is 2.95. The molecule has 2 aromatic heterocycles. The summed E-state index contributed by atoms with van der Waals surface area (Å²) in [6, 6.07) is 0. The van der Waals surface area contributed by atoms with Crippen LogP contribution in [0.2, 0.25) is 19.6 Å². The Labute approximate surface area is 116 Å². The van der Waals surface area contributed by atoms with Crippen LogP contribution in [0.25, 0.3) is 0 Å². The molecule has 0 atom stereocenters. The second kappa shape index (κ2) is 5.26. The Bertz CT molecular complexity index is 586. The minimum absolute atomic E-state index is 0.352. The van der Waals surface area contributed by atoms with Crippen LogP contribution in [-0.4, -0.2) is 23.9 Å². The van der Waals surface area contributed by atoms with Crippen molar-refractivity contribution >= 4 is 30.7 Å². The molecular formula is C12H17N3O2SSi. The van der Waals surface area contributed by atoms with Gasteiger partial charge in [-0.15, -0.1) is 11.3 Å². The second-order valence-corrected chi connectivity index (χ2v) is 11.5. The van der Waals surface area contributed by atoms with E-state index < -0.39 is 14.0 Å². The van der Waals surface area contributed by atoms with Gasteiger partial charge in [0.25, 0.3) is 5.91 Å². The molecule has 102 valence electrons. The molecule has 0 bridgehead atoms. The highest BCUT2D eigenvalue weighted by atomic mass is 32.1. The third-order valence-electron chi connectivity index (χ3n) is 2.64. The Hall–Kier alpha value is -1.47. The number of aromatic nitrogens is 2. The van der Waals surface area contributed by atoms with E-state index >= 15 is 0 Å². The van der Waals surface area contributed by atoms with Crippen LogP contribution in [0.3, 0.4) is 0 Å². The average molecular weight is 295 g/mol. The Kier molecular flexibility index (Phi) is 3.86. The van der Waals surface area contributed by atoms with E-state index in [0.29, 0.717) is 11.4 Å². The molecule has 19 heavy (non-hydrogen) atoms. The van der Waals surface area contributed by atoms with Crippen molar-refractivity contribution < 1.29 is 9.21 Å². The maximum atomic E-state index is 10.9. The van der Waals surface area contributed by atoms with Crippen molar-refractivity contribution in [1.29, 1.82) is 0 Å². The summed E-state index contributed by atoms with van der Waals surface area (Å²) in [6.45, 7) is 6.67. The van der Waals surface area contributed by atoms with E-state index in [9.17, 15) is 4.79 Å². The number of carbonyl (C=O) groups is 1. The molecule has 0 fully saturated rings. The van der Waals surface area contributed by atoms with Crippen LogP contribution in [0, 0.1) is 0 Å². The molecule has 0 aliphatic rings. The topological polar surface area (TPSA) is 82.0 Å². The Morgan fingerprint density at radius 3 is 2.58 bits per heavy atom. The summed E-state index contributed by atoms with van der Waals surface area (Å²) in [5, 5.41) is 1.37. The molecule has 0 aromatic carbocycles. The number of carbonyl (C=O) groups excluding carboxylic acids is 1. The first-order chi connectivity index (χ1) is 8.86. The molecule has 0 aliphatic heterocycles. The van der Waals surface area contributed by atoms with Crippen molar-refractivity contribution in [2.75, 3.05) is 0 Å². The number of hydrogen-bond acceptors (Lipinski definition) is 5. The van der Waals surface area contributed by atoms with Crippen molar-refractivity contribution in [3.05, 3.63) is 28.2 Å². The Morgan fingerprint density at radius 1 is 1.32 bits per heavy atom. The molecule has 0 saturated heterocycles. The van der Waals surface area contributed by atoms with Gasteiger partial charge in [-0.25, -0.2) is 9.97 Å². The molecule has 2 rings (SSSR count). The van der Waals surface area contributed by atoms with E-state index in [0.717, 1.165) is 22.6 Å². The van der Waals surface area contributed by atoms with Crippen LogP contribution in [0.4, 0.5) is 0 Å². The highest BCUT2D eigenvalue weighted by molar-refractivity contribution is 7.13. The number of nitrogens with zero attached hydrogens (tertiary/aromatic N) is 2. The van der Waals surface area contributed by atoms with Gasteiger partial charge in [0.2, 0.25) is 0 Å². The molecule has 2 N–H and O–H groups in total. The van der Waals surface area contributed by atoms with Crippen molar-refractivity contribution in [2.45, 2.75) is 32.5 Å². The van der Waals surface area contributed by atoms with Gasteiger partial charge in [0.05, 0.1) is 6.20 Å². The summed E-state index contributed by atoms with van der Waals surface area (Å²) >= 11 is 1.33. The second-order valence-electron chi connectivity index (χ2n) is 5.36. The molecule has 1 amide bonds. The van der Waals surface area contributed by atoms with E-state index in [-0.39, 0.29) is 0 Å². The Morgan fingerprint density at radius 2 is 2.05 bits per heavy atom. The quantitative estimate of drug-likeness (QED) is 0.849. The van der Waals surface area contributed by atoms with Crippen molar-refractivity contribution in [3.63, 3.8) is 0 Å². The van der Waals surface area contributed by atoms with Gasteiger partial charge >= 0.3 is 0 Å². The maximum absolute atomic E-state index is 10.9. The SMILES string of the molecule is C[Si](C)(C)c1cnc(CCc2cnc(C(N)=O)s2)o1. The molecule has 0 aliphatic carbocycles. The number of thiazole rings is 1. The van der Waals surface area contributed by atoms with Gasteiger partial charge in [0, 0.05) is 17.5 Å². The first-order valence-electron chi connectivity index (χ1n) is 6.06. The molecule has 0 radical (unpaired) electrons. The fraction of sp³-hybridized carbons (Fsp3) is 0.417. The van der Waals surface area contributed by atoms with Crippen LogP contribution in [0.5, 0.6) is 0 Å². The molecule has 0 saturated carbocycles. The van der Waals surface area contributed by atoms with Crippen LogP contribution in [0.1, 0.15) is 20.6 Å². The van der Waals surface area contributed by atoms with Gasteiger partial charge < -0.3 is 10.2 Å². The lowest BCUT2D eigenvalue weighted by atomic mass is 10.3. The summed E-state index contributed by atoms with van der Waals surface area (Å²) in [4.78, 5) is 20.2. The maximum Gasteiger partial charge on any atom is 0.277 e. The molecule has 2 heterocycles. The van der Waals surface area contributed by atoms with Gasteiger partial charge in [0.1, 0.15) is 13.5 Å². The number of aryl methyl sites for hydroxylation is 2. The summed E-state index contributed by atoms with van der Waals surface area (Å²) in [5.41, 5.74) is 5.17. The van der Waals surface area contributed by atoms with E-state index in [1.165, 1.54) is 11.3 Å². The predicted molar refractivity (Wildman–Crippen MR) is 77.5 cm³/mol. The smallest absolute Gasteiger partial charge is 0.277 e. The van der Waals surface area contributed by atoms with Gasteiger partial charge in [-0.05, 0) is 6.42 Å². The van der Waals surface area contributed by atoms with Crippen LogP contribution < -0.4 is 11.1 Å². The van der Waals surface area contributed by atoms with Crippen molar-refractivity contribution in [2.24, 2.45) is 5.73 Å². The van der Waals surface area contributed by atoms with Crippen LogP contribution >= 0.6 is 11.3 Å². The van der Waals surface area contributed by atoms with E-state index in [2.05, 4.69) is 29.6 Å². The summed E-state index contributed by atoms with van der Waals surface area (Å²) < 4.78 is 5.77. The van der Waals surface area contributed by atoms with Gasteiger partial charge in [-0.3, -0.25) is 4.79 Å². The molecule has 2 aromatic rings. The first kappa shape index (κ1) is 13.9. The van der Waals surface area contributed by atoms with Gasteiger partial charge in [0.15, 0.2) is 10.9 Å². The van der Waals surface area contributed by atoms with E-state index in [1.54, 1.807) is 6.20 Å². The van der Waals surface area contributed by atoms with Crippen molar-refractivity contribution in [3.8, 4) is 0 Å². The third-order valence-corrected chi connectivity index (χ3v) is 5.42. The lowest BCUT2D eigenvalue weighted by Crippen LogP contribution is -2.36. The largest absolute Gasteiger partial charge is 0.451 e. The van der Waals surface area contributed by atoms with E-state index in [1.807, 2.05) is 6.20 Å². The fourth-order valence-electron chi connectivity index (χ4n) is 1.54. The molecule has 0 unspecified atom stereocenters. The summed E-state index contributed by atoms with van der Waals surface area (Å²) in [6.07, 6.45) is 5.00. The highest BCUT2D eigenvalue weighted by Crippen LogP contribution is 2.15. The molecule has 7 heteroatoms. The zero-order chi connectivity index (χ0) is 14.0. The number of amides is 1. The highest BCUT2D eigenvalue weighted by Gasteiger charge is 2.21. The van der Waals surface area contributed by atoms with Crippen LogP contribution in [-0.2, 0) is 12.8 Å². The standard InChI is InChI=1S/C12H17N3O2SSi/c1-19(2,3)10-7-14-9(17-10)5-4-8-6-15-12(18-8)11(13)16/h6-7H,4-5H2,1-3H3,(H2,13,16). The number of oxazole rings is 1. The predicted octanol–water partition coefficient (Wildman–Crippen LogP) is 1.56. The van der Waals surface area contributed by atoms with E-state index in [4.69, 9.17) is 10.2 Å². The van der Waals surface area contributed by atoms with Crippen molar-refractivity contribution in [1.82, 2.24) is 9.97 Å². The minimum Gasteiger partial charge on any atom is -0.451 e. The fourth-order valence-corrected chi connectivity index (χ4v) is 3.18. The molecular weight excluding hydrogens is 278 g/mol. The number of nitrogens with two attached hydrogens (primary N) is 1. The lowest BCUT2D eigenvalue weighted by Gasteiger charge is -2.09. The zero-order valence-electron chi connectivity index (χ0n) is 11.3. The number of primary amides is 1. The lowest BCUT2D eigenvalue weighted by molar-refractivity contribution is 0.1000. The molecule has 0 spiro atoms. The third kappa shape index (κ3) is 3.51. The van der Waals surface area contributed by atoms with Gasteiger partial charge in [-0.2, -0.15) is 0 Å². The first-order valence-corrected chi connectivity index (χ1v) is 10.4. The Balaban J connectivity index is 1.98.